The van der Waals surface area contributed by atoms with E-state index in [4.69, 9.17) is 6.58 Å². The fourth-order valence-corrected chi connectivity index (χ4v) is 19.4. The van der Waals surface area contributed by atoms with Crippen LogP contribution >= 0.6 is 0 Å². The first kappa shape index (κ1) is 19.5. The van der Waals surface area contributed by atoms with Gasteiger partial charge in [-0.15, -0.1) is 0 Å². The van der Waals surface area contributed by atoms with Gasteiger partial charge in [-0.3, -0.25) is 0 Å². The van der Waals surface area contributed by atoms with E-state index in [1.807, 2.05) is 0 Å². The van der Waals surface area contributed by atoms with Gasteiger partial charge in [-0.05, 0) is 0 Å². The summed E-state index contributed by atoms with van der Waals surface area (Å²) in [5.41, 5.74) is 0. The predicted octanol–water partition coefficient (Wildman–Crippen LogP) is 6.03. The van der Waals surface area contributed by atoms with Gasteiger partial charge in [0.1, 0.15) is 0 Å². The number of hydrogen-bond acceptors (Lipinski definition) is 1. The first-order valence-electron chi connectivity index (χ1n) is 9.59. The normalized spacial score (nSPS) is 16.5. The second-order valence-corrected chi connectivity index (χ2v) is 20.8. The Morgan fingerprint density at radius 1 is 0.857 bits per heavy atom. The quantitative estimate of drug-likeness (QED) is 0.362. The summed E-state index contributed by atoms with van der Waals surface area (Å²) in [5, 5.41) is 0. The van der Waals surface area contributed by atoms with Gasteiger partial charge in [-0.2, -0.15) is 0 Å². The third-order valence-corrected chi connectivity index (χ3v) is 21.3. The van der Waals surface area contributed by atoms with E-state index in [2.05, 4.69) is 25.7 Å². The molecule has 2 heteroatoms. The third kappa shape index (κ3) is 6.64. The van der Waals surface area contributed by atoms with E-state index in [-0.39, 0.29) is 0 Å². The third-order valence-electron chi connectivity index (χ3n) is 5.39. The van der Waals surface area contributed by atoms with Crippen molar-refractivity contribution in [3.8, 4) is 0 Å². The Kier molecular flexibility index (Phi) is 10.3. The Morgan fingerprint density at radius 3 is 1.67 bits per heavy atom. The molecule has 1 rings (SSSR count). The Balaban J connectivity index is 2.74. The fraction of sp³-hybridized carbons (Fsp3) is 0.895. The van der Waals surface area contributed by atoms with E-state index in [1.165, 1.54) is 71.0 Å². The fourth-order valence-electron chi connectivity index (χ4n) is 3.83. The number of likely N-dealkylation sites (tertiary alicyclic amines) is 1. The van der Waals surface area contributed by atoms with Crippen LogP contribution in [0, 0.1) is 0 Å². The first-order chi connectivity index (χ1) is 10.2. The average Bonchev–Trinajstić information content (AvgIpc) is 2.99. The summed E-state index contributed by atoms with van der Waals surface area (Å²) in [7, 11) is 0. The summed E-state index contributed by atoms with van der Waals surface area (Å²) in [4.78, 5) is 2.69. The topological polar surface area (TPSA) is 3.24 Å². The molecule has 0 atom stereocenters. The molecular weight excluding hydrogens is 361 g/mol. The van der Waals surface area contributed by atoms with Crippen LogP contribution in [0.4, 0.5) is 0 Å². The predicted molar refractivity (Wildman–Crippen MR) is 99.7 cm³/mol. The van der Waals surface area contributed by atoms with Crippen molar-refractivity contribution in [2.75, 3.05) is 19.6 Å². The van der Waals surface area contributed by atoms with Gasteiger partial charge in [0.25, 0.3) is 0 Å². The van der Waals surface area contributed by atoms with Crippen molar-refractivity contribution in [1.29, 1.82) is 0 Å². The summed E-state index contributed by atoms with van der Waals surface area (Å²) in [6.07, 6.45) is 11.3. The van der Waals surface area contributed by atoms with Gasteiger partial charge in [0.05, 0.1) is 0 Å². The van der Waals surface area contributed by atoms with Crippen molar-refractivity contribution in [2.45, 2.75) is 85.4 Å². The van der Waals surface area contributed by atoms with Crippen LogP contribution in [0.25, 0.3) is 0 Å². The molecule has 1 saturated heterocycles. The van der Waals surface area contributed by atoms with E-state index < -0.39 is 18.4 Å². The van der Waals surface area contributed by atoms with Crippen LogP contribution in [0.3, 0.4) is 0 Å². The molecule has 0 radical (unpaired) electrons. The van der Waals surface area contributed by atoms with Crippen LogP contribution in [0.15, 0.2) is 10.2 Å². The molecule has 1 aliphatic rings. The van der Waals surface area contributed by atoms with Gasteiger partial charge in [-0.25, -0.2) is 0 Å². The molecule has 0 bridgehead atoms. The molecule has 0 aromatic rings. The number of nitrogens with zero attached hydrogens (tertiary/aromatic N) is 1. The average molecular weight is 400 g/mol. The minimum atomic E-state index is -2.14. The molecule has 1 heterocycles. The molecule has 124 valence electrons. The van der Waals surface area contributed by atoms with E-state index in [0.717, 1.165) is 0 Å². The van der Waals surface area contributed by atoms with E-state index in [0.29, 0.717) is 0 Å². The Labute approximate surface area is 138 Å². The van der Waals surface area contributed by atoms with Crippen LogP contribution in [0.1, 0.15) is 72.1 Å². The molecule has 0 unspecified atom stereocenters. The van der Waals surface area contributed by atoms with Crippen LogP contribution in [0.2, 0.25) is 13.3 Å². The van der Waals surface area contributed by atoms with Crippen molar-refractivity contribution in [3.05, 3.63) is 10.2 Å². The maximum absolute atomic E-state index is 4.70. The van der Waals surface area contributed by atoms with E-state index in [9.17, 15) is 0 Å². The summed E-state index contributed by atoms with van der Waals surface area (Å²) in [6.45, 7) is 15.7. The molecular formula is C19H39NSn. The molecule has 0 aromatic carbocycles. The van der Waals surface area contributed by atoms with Gasteiger partial charge >= 0.3 is 139 Å². The van der Waals surface area contributed by atoms with Gasteiger partial charge in [-0.1, -0.05) is 0 Å². The van der Waals surface area contributed by atoms with Gasteiger partial charge < -0.3 is 0 Å². The van der Waals surface area contributed by atoms with Gasteiger partial charge in [0, 0.05) is 0 Å². The Morgan fingerprint density at radius 2 is 1.29 bits per heavy atom. The SMILES string of the molecule is C=[C](CN1CCCC1)[Sn]([CH2]CCC)([CH2]CCC)[CH2]CCC. The summed E-state index contributed by atoms with van der Waals surface area (Å²) >= 11 is -2.14. The molecule has 1 aliphatic heterocycles. The minimum absolute atomic E-state index is 1.26. The van der Waals surface area contributed by atoms with Crippen molar-refractivity contribution in [3.63, 3.8) is 0 Å². The summed E-state index contributed by atoms with van der Waals surface area (Å²) in [6, 6.07) is 0. The number of unbranched alkanes of at least 4 members (excludes halogenated alkanes) is 3. The summed E-state index contributed by atoms with van der Waals surface area (Å²) < 4.78 is 6.51. The molecule has 1 fully saturated rings. The second kappa shape index (κ2) is 11.1. The molecule has 1 nitrogen and oxygen atoms in total. The number of rotatable bonds is 12. The van der Waals surface area contributed by atoms with Crippen molar-refractivity contribution in [2.24, 2.45) is 0 Å². The van der Waals surface area contributed by atoms with Gasteiger partial charge in [0.2, 0.25) is 0 Å². The van der Waals surface area contributed by atoms with Crippen LogP contribution < -0.4 is 0 Å². The summed E-state index contributed by atoms with van der Waals surface area (Å²) in [5.74, 6) is 0. The van der Waals surface area contributed by atoms with Crippen molar-refractivity contribution in [1.82, 2.24) is 4.90 Å². The zero-order valence-electron chi connectivity index (χ0n) is 15.1. The molecule has 0 aliphatic carbocycles. The standard InChI is InChI=1S/C7H12N.3C4H9.Sn/c1-2-5-8-6-3-4-7-8;3*1-3-4-2;/h1,3-7H2;3*1,3-4H2,2H3;. The molecule has 0 amide bonds. The first-order valence-corrected chi connectivity index (χ1v) is 17.1. The Bertz CT molecular complexity index is 260. The van der Waals surface area contributed by atoms with Crippen molar-refractivity contribution < 1.29 is 0 Å². The molecule has 21 heavy (non-hydrogen) atoms. The van der Waals surface area contributed by atoms with Crippen molar-refractivity contribution >= 4 is 18.4 Å². The zero-order valence-corrected chi connectivity index (χ0v) is 17.9. The van der Waals surface area contributed by atoms with Crippen LogP contribution in [-0.4, -0.2) is 42.9 Å². The monoisotopic (exact) mass is 401 g/mol. The second-order valence-electron chi connectivity index (χ2n) is 7.18. The zero-order chi connectivity index (χ0) is 15.6. The van der Waals surface area contributed by atoms with Crippen LogP contribution in [0.5, 0.6) is 0 Å². The number of hydrogen-bond donors (Lipinski definition) is 0. The van der Waals surface area contributed by atoms with Crippen LogP contribution in [-0.2, 0) is 0 Å². The van der Waals surface area contributed by atoms with E-state index in [1.54, 1.807) is 16.9 Å². The maximum atomic E-state index is 4.70. The molecule has 0 saturated carbocycles. The Hall–Kier alpha value is 0.499. The van der Waals surface area contributed by atoms with Gasteiger partial charge in [0.15, 0.2) is 0 Å². The molecule has 0 N–H and O–H groups in total. The van der Waals surface area contributed by atoms with E-state index >= 15 is 0 Å². The molecule has 0 aromatic heterocycles. The molecule has 0 spiro atoms.